The van der Waals surface area contributed by atoms with Gasteiger partial charge in [-0.3, -0.25) is 0 Å². The van der Waals surface area contributed by atoms with Crippen molar-refractivity contribution in [3.8, 4) is 0 Å². The Kier molecular flexibility index (Phi) is 3.34. The third-order valence-corrected chi connectivity index (χ3v) is 5.57. The first-order valence-corrected chi connectivity index (χ1v) is 7.69. The molecule has 0 aliphatic heterocycles. The van der Waals surface area contributed by atoms with Crippen LogP contribution in [0.3, 0.4) is 0 Å². The summed E-state index contributed by atoms with van der Waals surface area (Å²) in [6.07, 6.45) is 2.24. The fourth-order valence-electron chi connectivity index (χ4n) is 1.72. The van der Waals surface area contributed by atoms with Gasteiger partial charge in [0.2, 0.25) is 10.0 Å². The minimum Gasteiger partial charge on any atom is -0.326 e. The molecule has 1 heterocycles. The molecule has 1 saturated carbocycles. The monoisotopic (exact) mass is 260 g/mol. The maximum atomic E-state index is 12.1. The largest absolute Gasteiger partial charge is 0.326 e. The molecule has 0 radical (unpaired) electrons. The van der Waals surface area contributed by atoms with Gasteiger partial charge in [0.25, 0.3) is 0 Å². The Balaban J connectivity index is 2.17. The minimum absolute atomic E-state index is 0.0236. The van der Waals surface area contributed by atoms with Crippen LogP contribution in [0.15, 0.2) is 16.3 Å². The maximum Gasteiger partial charge on any atom is 0.241 e. The van der Waals surface area contributed by atoms with E-state index in [0.29, 0.717) is 10.8 Å². The summed E-state index contributed by atoms with van der Waals surface area (Å²) in [6.45, 7) is 2.19. The van der Waals surface area contributed by atoms with Crippen molar-refractivity contribution in [3.63, 3.8) is 0 Å². The number of hydrogen-bond acceptors (Lipinski definition) is 4. The van der Waals surface area contributed by atoms with Crippen LogP contribution in [0.4, 0.5) is 0 Å². The van der Waals surface area contributed by atoms with Gasteiger partial charge in [0.05, 0.1) is 4.90 Å². The van der Waals surface area contributed by atoms with Crippen molar-refractivity contribution < 1.29 is 8.42 Å². The summed E-state index contributed by atoms with van der Waals surface area (Å²) in [4.78, 5) is 1.06. The highest BCUT2D eigenvalue weighted by molar-refractivity contribution is 7.89. The molecule has 0 saturated heterocycles. The van der Waals surface area contributed by atoms with E-state index < -0.39 is 10.0 Å². The number of nitrogens with one attached hydrogen (secondary N) is 1. The van der Waals surface area contributed by atoms with Gasteiger partial charge in [0.1, 0.15) is 0 Å². The van der Waals surface area contributed by atoms with E-state index in [1.807, 2.05) is 6.92 Å². The van der Waals surface area contributed by atoms with E-state index in [1.54, 1.807) is 11.4 Å². The summed E-state index contributed by atoms with van der Waals surface area (Å²) in [5.41, 5.74) is 5.51. The molecule has 2 rings (SSSR count). The Morgan fingerprint density at radius 1 is 1.62 bits per heavy atom. The third-order valence-electron chi connectivity index (χ3n) is 2.85. The summed E-state index contributed by atoms with van der Waals surface area (Å²) in [6, 6.07) is 1.64. The summed E-state index contributed by atoms with van der Waals surface area (Å²) in [5, 5.41) is 1.76. The van der Waals surface area contributed by atoms with Crippen LogP contribution in [-0.2, 0) is 16.6 Å². The standard InChI is InChI=1S/C10H16N2O2S2/c1-7(8-2-3-8)12-16(13,14)10-4-5-15-9(10)6-11/h4-5,7-8,12H,2-3,6,11H2,1H3. The highest BCUT2D eigenvalue weighted by atomic mass is 32.2. The lowest BCUT2D eigenvalue weighted by Crippen LogP contribution is -2.34. The van der Waals surface area contributed by atoms with Gasteiger partial charge in [-0.1, -0.05) is 0 Å². The Morgan fingerprint density at radius 2 is 2.31 bits per heavy atom. The van der Waals surface area contributed by atoms with Gasteiger partial charge in [-0.05, 0) is 37.1 Å². The summed E-state index contributed by atoms with van der Waals surface area (Å²) >= 11 is 1.38. The molecule has 90 valence electrons. The molecule has 1 atom stereocenters. The molecule has 6 heteroatoms. The van der Waals surface area contributed by atoms with Crippen molar-refractivity contribution in [1.29, 1.82) is 0 Å². The van der Waals surface area contributed by atoms with Gasteiger partial charge in [0, 0.05) is 17.5 Å². The summed E-state index contributed by atoms with van der Waals surface area (Å²) in [7, 11) is -3.38. The van der Waals surface area contributed by atoms with Crippen molar-refractivity contribution >= 4 is 21.4 Å². The van der Waals surface area contributed by atoms with Gasteiger partial charge in [-0.25, -0.2) is 13.1 Å². The average Bonchev–Trinajstić information content (AvgIpc) is 2.95. The van der Waals surface area contributed by atoms with E-state index in [2.05, 4.69) is 4.72 Å². The second-order valence-corrected chi connectivity index (χ2v) is 6.84. The first-order chi connectivity index (χ1) is 7.54. The predicted octanol–water partition coefficient (Wildman–Crippen LogP) is 1.28. The normalized spacial score (nSPS) is 18.6. The Bertz CT molecular complexity index is 463. The van der Waals surface area contributed by atoms with Crippen molar-refractivity contribution in [1.82, 2.24) is 4.72 Å². The molecular formula is C10H16N2O2S2. The zero-order chi connectivity index (χ0) is 11.8. The molecule has 1 aromatic heterocycles. The number of hydrogen-bond donors (Lipinski definition) is 2. The lowest BCUT2D eigenvalue weighted by molar-refractivity contribution is 0.537. The van der Waals surface area contributed by atoms with Crippen molar-refractivity contribution in [2.24, 2.45) is 11.7 Å². The number of thiophene rings is 1. The van der Waals surface area contributed by atoms with Crippen LogP contribution in [0.1, 0.15) is 24.6 Å². The molecule has 1 aliphatic rings. The van der Waals surface area contributed by atoms with Crippen LogP contribution < -0.4 is 10.5 Å². The van der Waals surface area contributed by atoms with E-state index in [1.165, 1.54) is 11.3 Å². The summed E-state index contributed by atoms with van der Waals surface area (Å²) < 4.78 is 26.8. The van der Waals surface area contributed by atoms with Gasteiger partial charge >= 0.3 is 0 Å². The van der Waals surface area contributed by atoms with Crippen molar-refractivity contribution in [2.45, 2.75) is 37.2 Å². The topological polar surface area (TPSA) is 72.2 Å². The summed E-state index contributed by atoms with van der Waals surface area (Å²) in [5.74, 6) is 0.509. The predicted molar refractivity (Wildman–Crippen MR) is 64.7 cm³/mol. The highest BCUT2D eigenvalue weighted by Gasteiger charge is 2.31. The molecule has 16 heavy (non-hydrogen) atoms. The molecule has 3 N–H and O–H groups in total. The molecule has 1 unspecified atom stereocenters. The van der Waals surface area contributed by atoms with Gasteiger partial charge in [-0.15, -0.1) is 11.3 Å². The second kappa shape index (κ2) is 4.44. The lowest BCUT2D eigenvalue weighted by Gasteiger charge is -2.13. The van der Waals surface area contributed by atoms with Crippen LogP contribution >= 0.6 is 11.3 Å². The van der Waals surface area contributed by atoms with Gasteiger partial charge < -0.3 is 5.73 Å². The molecule has 4 nitrogen and oxygen atoms in total. The highest BCUT2D eigenvalue weighted by Crippen LogP contribution is 2.33. The maximum absolute atomic E-state index is 12.1. The number of sulfonamides is 1. The van der Waals surface area contributed by atoms with Gasteiger partial charge in [0.15, 0.2) is 0 Å². The zero-order valence-corrected chi connectivity index (χ0v) is 10.8. The zero-order valence-electron chi connectivity index (χ0n) is 9.14. The molecular weight excluding hydrogens is 244 g/mol. The van der Waals surface area contributed by atoms with E-state index in [0.717, 1.165) is 17.7 Å². The van der Waals surface area contributed by atoms with Crippen LogP contribution in [0.2, 0.25) is 0 Å². The van der Waals surface area contributed by atoms with Crippen LogP contribution in [-0.4, -0.2) is 14.5 Å². The van der Waals surface area contributed by atoms with E-state index in [-0.39, 0.29) is 12.6 Å². The molecule has 0 amide bonds. The molecule has 0 bridgehead atoms. The first kappa shape index (κ1) is 12.0. The van der Waals surface area contributed by atoms with Crippen LogP contribution in [0.5, 0.6) is 0 Å². The molecule has 0 spiro atoms. The Labute approximate surface area is 99.9 Å². The lowest BCUT2D eigenvalue weighted by atomic mass is 10.2. The van der Waals surface area contributed by atoms with E-state index in [9.17, 15) is 8.42 Å². The smallest absolute Gasteiger partial charge is 0.241 e. The van der Waals surface area contributed by atoms with Crippen LogP contribution in [0, 0.1) is 5.92 Å². The third kappa shape index (κ3) is 2.45. The van der Waals surface area contributed by atoms with E-state index >= 15 is 0 Å². The van der Waals surface area contributed by atoms with Gasteiger partial charge in [-0.2, -0.15) is 0 Å². The molecule has 1 aliphatic carbocycles. The fourth-order valence-corrected chi connectivity index (χ4v) is 4.37. The second-order valence-electron chi connectivity index (χ2n) is 4.16. The molecule has 1 aromatic rings. The van der Waals surface area contributed by atoms with Crippen LogP contribution in [0.25, 0.3) is 0 Å². The Hall–Kier alpha value is -0.430. The van der Waals surface area contributed by atoms with E-state index in [4.69, 9.17) is 5.73 Å². The van der Waals surface area contributed by atoms with Crippen molar-refractivity contribution in [3.05, 3.63) is 16.3 Å². The van der Waals surface area contributed by atoms with Crippen molar-refractivity contribution in [2.75, 3.05) is 0 Å². The molecule has 0 aromatic carbocycles. The fraction of sp³-hybridized carbons (Fsp3) is 0.600. The first-order valence-electron chi connectivity index (χ1n) is 5.33. The number of rotatable bonds is 5. The SMILES string of the molecule is CC(NS(=O)(=O)c1ccsc1CN)C1CC1. The molecule has 1 fully saturated rings. The Morgan fingerprint density at radius 3 is 2.88 bits per heavy atom. The average molecular weight is 260 g/mol. The minimum atomic E-state index is -3.38. The quantitative estimate of drug-likeness (QED) is 0.837. The number of nitrogens with two attached hydrogens (primary N) is 1.